The van der Waals surface area contributed by atoms with Crippen LogP contribution in [-0.2, 0) is 4.74 Å². The summed E-state index contributed by atoms with van der Waals surface area (Å²) in [6, 6.07) is 6.03. The molecule has 1 rings (SSSR count). The van der Waals surface area contributed by atoms with E-state index in [1.165, 1.54) is 0 Å². The highest BCUT2D eigenvalue weighted by Crippen LogP contribution is 2.30. The Kier molecular flexibility index (Phi) is 6.39. The largest absolute Gasteiger partial charge is 0.381 e. The maximum atomic E-state index is 5.50. The highest BCUT2D eigenvalue weighted by atomic mass is 79.9. The van der Waals surface area contributed by atoms with Crippen LogP contribution in [0.25, 0.3) is 0 Å². The summed E-state index contributed by atoms with van der Waals surface area (Å²) >= 11 is 7.01. The Morgan fingerprint density at radius 2 is 1.88 bits per heavy atom. The molecule has 0 aliphatic rings. The summed E-state index contributed by atoms with van der Waals surface area (Å²) < 4.78 is 7.63. The third-order valence-electron chi connectivity index (χ3n) is 1.96. The van der Waals surface area contributed by atoms with Crippen LogP contribution in [0.2, 0.25) is 0 Å². The van der Waals surface area contributed by atoms with Crippen molar-refractivity contribution in [2.24, 2.45) is 5.92 Å². The van der Waals surface area contributed by atoms with Crippen molar-refractivity contribution in [1.29, 1.82) is 0 Å². The molecule has 0 unspecified atom stereocenters. The van der Waals surface area contributed by atoms with Crippen LogP contribution in [0.15, 0.2) is 27.1 Å². The number of para-hydroxylation sites is 1. The van der Waals surface area contributed by atoms with Crippen molar-refractivity contribution < 1.29 is 4.74 Å². The zero-order valence-corrected chi connectivity index (χ0v) is 12.8. The van der Waals surface area contributed by atoms with Crippen molar-refractivity contribution in [2.75, 3.05) is 25.1 Å². The fourth-order valence-corrected chi connectivity index (χ4v) is 2.51. The van der Waals surface area contributed by atoms with Crippen LogP contribution < -0.4 is 5.32 Å². The molecule has 0 radical (unpaired) electrons. The Bertz CT molecular complexity index is 309. The Hall–Kier alpha value is -0.0600. The Morgan fingerprint density at radius 3 is 2.44 bits per heavy atom. The number of rotatable bonds is 6. The van der Waals surface area contributed by atoms with E-state index in [1.807, 2.05) is 18.2 Å². The van der Waals surface area contributed by atoms with E-state index in [9.17, 15) is 0 Å². The molecule has 0 fully saturated rings. The summed E-state index contributed by atoms with van der Waals surface area (Å²) in [5, 5.41) is 3.34. The number of nitrogens with one attached hydrogen (secondary N) is 1. The highest BCUT2D eigenvalue weighted by Gasteiger charge is 2.03. The van der Waals surface area contributed by atoms with Crippen molar-refractivity contribution in [3.63, 3.8) is 0 Å². The summed E-state index contributed by atoms with van der Waals surface area (Å²) in [5.41, 5.74) is 1.08. The SMILES string of the molecule is CC(C)COCCNc1c(Br)cccc1Br. The van der Waals surface area contributed by atoms with Crippen LogP contribution in [0, 0.1) is 5.92 Å². The van der Waals surface area contributed by atoms with Crippen molar-refractivity contribution in [1.82, 2.24) is 0 Å². The summed E-state index contributed by atoms with van der Waals surface area (Å²) in [6.07, 6.45) is 0. The normalized spacial score (nSPS) is 10.8. The van der Waals surface area contributed by atoms with E-state index in [-0.39, 0.29) is 0 Å². The van der Waals surface area contributed by atoms with Crippen LogP contribution >= 0.6 is 31.9 Å². The second kappa shape index (κ2) is 7.30. The van der Waals surface area contributed by atoms with E-state index in [1.54, 1.807) is 0 Å². The van der Waals surface area contributed by atoms with Gasteiger partial charge in [0.2, 0.25) is 0 Å². The van der Waals surface area contributed by atoms with Gasteiger partial charge in [0.05, 0.1) is 12.3 Å². The lowest BCUT2D eigenvalue weighted by Crippen LogP contribution is -2.12. The first-order valence-electron chi connectivity index (χ1n) is 5.37. The van der Waals surface area contributed by atoms with E-state index >= 15 is 0 Å². The Labute approximate surface area is 114 Å². The fourth-order valence-electron chi connectivity index (χ4n) is 1.23. The number of anilines is 1. The second-order valence-corrected chi connectivity index (χ2v) is 5.70. The minimum absolute atomic E-state index is 0.593. The monoisotopic (exact) mass is 349 g/mol. The number of hydrogen-bond acceptors (Lipinski definition) is 2. The average molecular weight is 351 g/mol. The predicted molar refractivity (Wildman–Crippen MR) is 76.0 cm³/mol. The van der Waals surface area contributed by atoms with E-state index in [4.69, 9.17) is 4.74 Å². The lowest BCUT2D eigenvalue weighted by Gasteiger charge is -2.11. The van der Waals surface area contributed by atoms with Gasteiger partial charge >= 0.3 is 0 Å². The maximum absolute atomic E-state index is 5.50. The van der Waals surface area contributed by atoms with Gasteiger partial charge in [-0.1, -0.05) is 19.9 Å². The Balaban J connectivity index is 2.32. The van der Waals surface area contributed by atoms with E-state index in [0.717, 1.165) is 34.4 Å². The summed E-state index contributed by atoms with van der Waals surface area (Å²) in [6.45, 7) is 6.66. The van der Waals surface area contributed by atoms with Gasteiger partial charge < -0.3 is 10.1 Å². The number of benzene rings is 1. The zero-order valence-electron chi connectivity index (χ0n) is 9.59. The van der Waals surface area contributed by atoms with Gasteiger partial charge in [0.15, 0.2) is 0 Å². The van der Waals surface area contributed by atoms with Gasteiger partial charge in [0.25, 0.3) is 0 Å². The van der Waals surface area contributed by atoms with Crippen molar-refractivity contribution in [3.05, 3.63) is 27.1 Å². The molecule has 0 bridgehead atoms. The van der Waals surface area contributed by atoms with Gasteiger partial charge in [-0.05, 0) is 49.9 Å². The van der Waals surface area contributed by atoms with E-state index < -0.39 is 0 Å². The molecule has 0 aliphatic carbocycles. The summed E-state index contributed by atoms with van der Waals surface area (Å²) in [5.74, 6) is 0.593. The van der Waals surface area contributed by atoms with Gasteiger partial charge in [-0.3, -0.25) is 0 Å². The van der Waals surface area contributed by atoms with Crippen molar-refractivity contribution in [2.45, 2.75) is 13.8 Å². The molecule has 0 saturated heterocycles. The molecule has 0 atom stereocenters. The molecule has 0 spiro atoms. The lowest BCUT2D eigenvalue weighted by atomic mass is 10.2. The third kappa shape index (κ3) is 4.85. The van der Waals surface area contributed by atoms with E-state index in [0.29, 0.717) is 5.92 Å². The first-order chi connectivity index (χ1) is 7.61. The number of ether oxygens (including phenoxy) is 1. The molecular weight excluding hydrogens is 334 g/mol. The smallest absolute Gasteiger partial charge is 0.0639 e. The summed E-state index contributed by atoms with van der Waals surface area (Å²) in [4.78, 5) is 0. The Morgan fingerprint density at radius 1 is 1.25 bits per heavy atom. The molecule has 0 aromatic heterocycles. The highest BCUT2D eigenvalue weighted by molar-refractivity contribution is 9.11. The predicted octanol–water partition coefficient (Wildman–Crippen LogP) is 4.30. The molecule has 90 valence electrons. The molecule has 0 heterocycles. The van der Waals surface area contributed by atoms with Gasteiger partial charge in [-0.15, -0.1) is 0 Å². The van der Waals surface area contributed by atoms with Crippen LogP contribution in [0.4, 0.5) is 5.69 Å². The van der Waals surface area contributed by atoms with Crippen LogP contribution in [0.3, 0.4) is 0 Å². The van der Waals surface area contributed by atoms with Gasteiger partial charge in [-0.2, -0.15) is 0 Å². The zero-order chi connectivity index (χ0) is 12.0. The van der Waals surface area contributed by atoms with Crippen LogP contribution in [0.1, 0.15) is 13.8 Å². The minimum atomic E-state index is 0.593. The first-order valence-corrected chi connectivity index (χ1v) is 6.95. The molecule has 4 heteroatoms. The minimum Gasteiger partial charge on any atom is -0.381 e. The molecular formula is C12H17Br2NO. The van der Waals surface area contributed by atoms with Crippen molar-refractivity contribution in [3.8, 4) is 0 Å². The molecule has 0 amide bonds. The second-order valence-electron chi connectivity index (χ2n) is 3.99. The number of hydrogen-bond donors (Lipinski definition) is 1. The van der Waals surface area contributed by atoms with E-state index in [2.05, 4.69) is 51.0 Å². The molecule has 0 saturated carbocycles. The summed E-state index contributed by atoms with van der Waals surface area (Å²) in [7, 11) is 0. The average Bonchev–Trinajstić information content (AvgIpc) is 2.21. The topological polar surface area (TPSA) is 21.3 Å². The molecule has 1 aromatic rings. The lowest BCUT2D eigenvalue weighted by molar-refractivity contribution is 0.118. The third-order valence-corrected chi connectivity index (χ3v) is 3.28. The first kappa shape index (κ1) is 14.0. The molecule has 1 N–H and O–H groups in total. The fraction of sp³-hybridized carbons (Fsp3) is 0.500. The molecule has 0 aliphatic heterocycles. The van der Waals surface area contributed by atoms with Crippen molar-refractivity contribution >= 4 is 37.5 Å². The van der Waals surface area contributed by atoms with Gasteiger partial charge in [0, 0.05) is 22.1 Å². The number of halogens is 2. The standard InChI is InChI=1S/C12H17Br2NO/c1-9(2)8-16-7-6-15-12-10(13)4-3-5-11(12)14/h3-5,9,15H,6-8H2,1-2H3. The maximum Gasteiger partial charge on any atom is 0.0639 e. The van der Waals surface area contributed by atoms with Gasteiger partial charge in [0.1, 0.15) is 0 Å². The van der Waals surface area contributed by atoms with Crippen LogP contribution in [-0.4, -0.2) is 19.8 Å². The van der Waals surface area contributed by atoms with Gasteiger partial charge in [-0.25, -0.2) is 0 Å². The molecule has 1 aromatic carbocycles. The van der Waals surface area contributed by atoms with Crippen LogP contribution in [0.5, 0.6) is 0 Å². The molecule has 2 nitrogen and oxygen atoms in total. The molecule has 16 heavy (non-hydrogen) atoms. The quantitative estimate of drug-likeness (QED) is 0.772.